The van der Waals surface area contributed by atoms with E-state index in [1.165, 1.54) is 0 Å². The highest BCUT2D eigenvalue weighted by molar-refractivity contribution is 5.97. The van der Waals surface area contributed by atoms with Gasteiger partial charge in [-0.1, -0.05) is 0 Å². The van der Waals surface area contributed by atoms with Crippen molar-refractivity contribution in [3.05, 3.63) is 29.8 Å². The Morgan fingerprint density at radius 2 is 1.90 bits per heavy atom. The zero-order valence-corrected chi connectivity index (χ0v) is 13.6. The summed E-state index contributed by atoms with van der Waals surface area (Å²) >= 11 is 0. The summed E-state index contributed by atoms with van der Waals surface area (Å²) < 4.78 is 5.40. The van der Waals surface area contributed by atoms with Crippen molar-refractivity contribution in [1.82, 2.24) is 9.80 Å². The molecule has 1 saturated heterocycles. The van der Waals surface area contributed by atoms with Crippen molar-refractivity contribution < 1.29 is 9.53 Å². The summed E-state index contributed by atoms with van der Waals surface area (Å²) in [5.41, 5.74) is 0.882. The summed E-state index contributed by atoms with van der Waals surface area (Å²) in [6.07, 6.45) is 0. The first kappa shape index (κ1) is 16.0. The third kappa shape index (κ3) is 4.05. The molecule has 4 nitrogen and oxygen atoms in total. The monoisotopic (exact) mass is 290 g/mol. The maximum atomic E-state index is 12.4. The number of benzene rings is 1. The van der Waals surface area contributed by atoms with Gasteiger partial charge >= 0.3 is 0 Å². The Bertz CT molecular complexity index is 482. The molecule has 116 valence electrons. The fourth-order valence-corrected chi connectivity index (χ4v) is 2.67. The van der Waals surface area contributed by atoms with E-state index in [0.717, 1.165) is 30.9 Å². The highest BCUT2D eigenvalue weighted by Crippen LogP contribution is 2.19. The van der Waals surface area contributed by atoms with E-state index in [9.17, 15) is 4.79 Å². The molecule has 0 amide bonds. The fraction of sp³-hybridized carbons (Fsp3) is 0.588. The molecule has 1 aliphatic rings. The van der Waals surface area contributed by atoms with Crippen molar-refractivity contribution in [3.8, 4) is 5.75 Å². The minimum atomic E-state index is 0.122. The molecule has 0 N–H and O–H groups in total. The van der Waals surface area contributed by atoms with Crippen LogP contribution in [0.2, 0.25) is 0 Å². The standard InChI is InChI=1S/C17H26N2O2/c1-5-21-15-8-6-14(7-9-15)16(20)12-19-11-10-18(4)17(2,3)13-19/h6-9H,5,10-13H2,1-4H3. The highest BCUT2D eigenvalue weighted by atomic mass is 16.5. The maximum absolute atomic E-state index is 12.4. The zero-order valence-electron chi connectivity index (χ0n) is 13.6. The number of carbonyl (C=O) groups is 1. The van der Waals surface area contributed by atoms with Gasteiger partial charge in [0.15, 0.2) is 5.78 Å². The number of piperazine rings is 1. The highest BCUT2D eigenvalue weighted by Gasteiger charge is 2.31. The van der Waals surface area contributed by atoms with Crippen molar-refractivity contribution in [3.63, 3.8) is 0 Å². The molecule has 0 unspecified atom stereocenters. The van der Waals surface area contributed by atoms with Gasteiger partial charge in [-0.05, 0) is 52.1 Å². The lowest BCUT2D eigenvalue weighted by Crippen LogP contribution is -2.58. The van der Waals surface area contributed by atoms with E-state index < -0.39 is 0 Å². The third-order valence-electron chi connectivity index (χ3n) is 4.25. The van der Waals surface area contributed by atoms with Gasteiger partial charge in [-0.2, -0.15) is 0 Å². The lowest BCUT2D eigenvalue weighted by molar-refractivity contribution is 0.0390. The second kappa shape index (κ2) is 6.58. The van der Waals surface area contributed by atoms with Gasteiger partial charge < -0.3 is 4.74 Å². The second-order valence-corrected chi connectivity index (χ2v) is 6.33. The van der Waals surface area contributed by atoms with E-state index in [-0.39, 0.29) is 11.3 Å². The molecule has 21 heavy (non-hydrogen) atoms. The summed E-state index contributed by atoms with van der Waals surface area (Å²) in [5.74, 6) is 0.994. The Kier molecular flexibility index (Phi) is 5.01. The van der Waals surface area contributed by atoms with Crippen LogP contribution in [-0.4, -0.2) is 61.0 Å². The molecule has 0 saturated carbocycles. The van der Waals surface area contributed by atoms with E-state index in [0.29, 0.717) is 13.2 Å². The lowest BCUT2D eigenvalue weighted by atomic mass is 9.99. The smallest absolute Gasteiger partial charge is 0.176 e. The minimum Gasteiger partial charge on any atom is -0.494 e. The first-order chi connectivity index (χ1) is 9.92. The quantitative estimate of drug-likeness (QED) is 0.779. The molecule has 1 aromatic rings. The number of nitrogens with zero attached hydrogens (tertiary/aromatic N) is 2. The zero-order chi connectivity index (χ0) is 15.5. The largest absolute Gasteiger partial charge is 0.494 e. The van der Waals surface area contributed by atoms with Crippen LogP contribution >= 0.6 is 0 Å². The Hall–Kier alpha value is -1.39. The number of carbonyl (C=O) groups excluding carboxylic acids is 1. The number of likely N-dealkylation sites (N-methyl/N-ethyl adjacent to an activating group) is 1. The predicted molar refractivity (Wildman–Crippen MR) is 85.1 cm³/mol. The van der Waals surface area contributed by atoms with Gasteiger partial charge in [0, 0.05) is 30.7 Å². The third-order valence-corrected chi connectivity index (χ3v) is 4.25. The van der Waals surface area contributed by atoms with E-state index in [4.69, 9.17) is 4.74 Å². The molecule has 1 fully saturated rings. The maximum Gasteiger partial charge on any atom is 0.176 e. The predicted octanol–water partition coefficient (Wildman–Crippen LogP) is 2.29. The summed E-state index contributed by atoms with van der Waals surface area (Å²) in [6, 6.07) is 7.44. The second-order valence-electron chi connectivity index (χ2n) is 6.33. The summed E-state index contributed by atoms with van der Waals surface area (Å²) in [7, 11) is 2.14. The molecular formula is C17H26N2O2. The van der Waals surface area contributed by atoms with Crippen molar-refractivity contribution in [1.29, 1.82) is 0 Å². The number of hydrogen-bond donors (Lipinski definition) is 0. The van der Waals surface area contributed by atoms with Gasteiger partial charge in [-0.15, -0.1) is 0 Å². The van der Waals surface area contributed by atoms with Crippen molar-refractivity contribution in [2.45, 2.75) is 26.3 Å². The SMILES string of the molecule is CCOc1ccc(C(=O)CN2CCN(C)C(C)(C)C2)cc1. The van der Waals surface area contributed by atoms with Crippen LogP contribution in [0.5, 0.6) is 5.75 Å². The van der Waals surface area contributed by atoms with Gasteiger partial charge in [-0.25, -0.2) is 0 Å². The van der Waals surface area contributed by atoms with Gasteiger partial charge in [0.25, 0.3) is 0 Å². The van der Waals surface area contributed by atoms with Gasteiger partial charge in [0.1, 0.15) is 5.75 Å². The van der Waals surface area contributed by atoms with Gasteiger partial charge in [-0.3, -0.25) is 14.6 Å². The molecule has 0 atom stereocenters. The van der Waals surface area contributed by atoms with E-state index in [1.807, 2.05) is 31.2 Å². The molecule has 0 aromatic heterocycles. The Morgan fingerprint density at radius 1 is 1.24 bits per heavy atom. The summed E-state index contributed by atoms with van der Waals surface area (Å²) in [6.45, 7) is 10.4. The fourth-order valence-electron chi connectivity index (χ4n) is 2.67. The molecule has 1 aromatic carbocycles. The van der Waals surface area contributed by atoms with Crippen LogP contribution in [0.25, 0.3) is 0 Å². The van der Waals surface area contributed by atoms with E-state index in [1.54, 1.807) is 0 Å². The molecule has 0 radical (unpaired) electrons. The van der Waals surface area contributed by atoms with E-state index >= 15 is 0 Å². The average Bonchev–Trinajstić information content (AvgIpc) is 2.44. The number of ether oxygens (including phenoxy) is 1. The minimum absolute atomic E-state index is 0.122. The van der Waals surface area contributed by atoms with Gasteiger partial charge in [0.2, 0.25) is 0 Å². The van der Waals surface area contributed by atoms with Gasteiger partial charge in [0.05, 0.1) is 13.2 Å². The molecule has 0 spiro atoms. The molecular weight excluding hydrogens is 264 g/mol. The summed E-state index contributed by atoms with van der Waals surface area (Å²) in [5, 5.41) is 0. The molecule has 0 bridgehead atoms. The van der Waals surface area contributed by atoms with Crippen LogP contribution in [0, 0.1) is 0 Å². The molecule has 1 aliphatic heterocycles. The first-order valence-electron chi connectivity index (χ1n) is 7.62. The number of hydrogen-bond acceptors (Lipinski definition) is 4. The number of rotatable bonds is 5. The molecule has 2 rings (SSSR count). The van der Waals surface area contributed by atoms with Crippen LogP contribution in [0.1, 0.15) is 31.1 Å². The molecule has 1 heterocycles. The Balaban J connectivity index is 1.95. The molecule has 4 heteroatoms. The van der Waals surface area contributed by atoms with Crippen LogP contribution in [0.3, 0.4) is 0 Å². The van der Waals surface area contributed by atoms with E-state index in [2.05, 4.69) is 30.7 Å². The normalized spacial score (nSPS) is 19.4. The van der Waals surface area contributed by atoms with Crippen LogP contribution in [0.15, 0.2) is 24.3 Å². The summed E-state index contributed by atoms with van der Waals surface area (Å²) in [4.78, 5) is 17.0. The van der Waals surface area contributed by atoms with Crippen LogP contribution < -0.4 is 4.74 Å². The lowest BCUT2D eigenvalue weighted by Gasteiger charge is -2.45. The Labute approximate surface area is 127 Å². The average molecular weight is 290 g/mol. The first-order valence-corrected chi connectivity index (χ1v) is 7.62. The van der Waals surface area contributed by atoms with Crippen molar-refractivity contribution in [2.75, 3.05) is 39.8 Å². The number of ketones is 1. The van der Waals surface area contributed by atoms with Crippen LogP contribution in [-0.2, 0) is 0 Å². The number of Topliss-reactive ketones (excluding diaryl/α,β-unsaturated/α-hetero) is 1. The van der Waals surface area contributed by atoms with Crippen molar-refractivity contribution >= 4 is 5.78 Å². The topological polar surface area (TPSA) is 32.8 Å². The molecule has 0 aliphatic carbocycles. The van der Waals surface area contributed by atoms with Crippen LogP contribution in [0.4, 0.5) is 0 Å². The Morgan fingerprint density at radius 3 is 2.48 bits per heavy atom. The van der Waals surface area contributed by atoms with Crippen molar-refractivity contribution in [2.24, 2.45) is 0 Å².